The van der Waals surface area contributed by atoms with Gasteiger partial charge in [-0.2, -0.15) is 0 Å². The summed E-state index contributed by atoms with van der Waals surface area (Å²) in [6.45, 7) is 3.37. The van der Waals surface area contributed by atoms with Gasteiger partial charge < -0.3 is 29.9 Å². The minimum Gasteiger partial charge on any atom is -0.508 e. The van der Waals surface area contributed by atoms with Crippen LogP contribution in [0.3, 0.4) is 0 Å². The van der Waals surface area contributed by atoms with Crippen LogP contribution in [-0.4, -0.2) is 40.3 Å². The maximum Gasteiger partial charge on any atom is 0.262 e. The average Bonchev–Trinajstić information content (AvgIpc) is 3.20. The second kappa shape index (κ2) is 9.13. The fourth-order valence-corrected chi connectivity index (χ4v) is 4.13. The fraction of sp³-hybridized carbons (Fsp3) is 0.269. The molecule has 0 saturated carbocycles. The number of rotatable bonds is 7. The highest BCUT2D eigenvalue weighted by Gasteiger charge is 2.29. The summed E-state index contributed by atoms with van der Waals surface area (Å²) in [5, 5.41) is 23.9. The van der Waals surface area contributed by atoms with Crippen molar-refractivity contribution >= 4 is 5.91 Å². The molecule has 33 heavy (non-hydrogen) atoms. The van der Waals surface area contributed by atoms with Gasteiger partial charge in [0.25, 0.3) is 5.91 Å². The van der Waals surface area contributed by atoms with Crippen molar-refractivity contribution < 1.29 is 24.5 Å². The normalized spacial score (nSPS) is 15.2. The molecule has 3 aromatic carbocycles. The van der Waals surface area contributed by atoms with Crippen molar-refractivity contribution in [1.82, 2.24) is 10.2 Å². The van der Waals surface area contributed by atoms with Crippen LogP contribution in [0.5, 0.6) is 17.2 Å². The SMILES string of the molecule is O=C(c1c(O)cc(O)cc1OCc1ccccc1)N1Cc2ccc(CNC3COC3)cc2C1. The molecule has 5 rings (SSSR count). The molecule has 0 aliphatic carbocycles. The Morgan fingerprint density at radius 2 is 1.79 bits per heavy atom. The number of hydrogen-bond donors (Lipinski definition) is 3. The van der Waals surface area contributed by atoms with Crippen LogP contribution in [0, 0.1) is 0 Å². The Morgan fingerprint density at radius 1 is 1.00 bits per heavy atom. The molecule has 0 atom stereocenters. The van der Waals surface area contributed by atoms with Gasteiger partial charge in [0.15, 0.2) is 0 Å². The molecule has 170 valence electrons. The Labute approximate surface area is 192 Å². The van der Waals surface area contributed by atoms with E-state index in [2.05, 4.69) is 23.5 Å². The van der Waals surface area contributed by atoms with Crippen LogP contribution in [0.4, 0.5) is 0 Å². The number of phenols is 2. The Bertz CT molecular complexity index is 1160. The molecule has 1 saturated heterocycles. The Kier molecular flexibility index (Phi) is 5.90. The van der Waals surface area contributed by atoms with Crippen molar-refractivity contribution in [2.45, 2.75) is 32.3 Å². The molecule has 3 aromatic rings. The zero-order chi connectivity index (χ0) is 22.8. The molecular formula is C26H26N2O5. The van der Waals surface area contributed by atoms with Gasteiger partial charge in [0, 0.05) is 31.8 Å². The Balaban J connectivity index is 1.32. The molecule has 3 N–H and O–H groups in total. The second-order valence-electron chi connectivity index (χ2n) is 8.49. The first-order valence-electron chi connectivity index (χ1n) is 11.0. The smallest absolute Gasteiger partial charge is 0.262 e. The summed E-state index contributed by atoms with van der Waals surface area (Å²) in [6.07, 6.45) is 0. The highest BCUT2D eigenvalue weighted by Crippen LogP contribution is 2.36. The highest BCUT2D eigenvalue weighted by molar-refractivity contribution is 6.00. The largest absolute Gasteiger partial charge is 0.508 e. The van der Waals surface area contributed by atoms with Crippen molar-refractivity contribution in [3.8, 4) is 17.2 Å². The van der Waals surface area contributed by atoms with Gasteiger partial charge in [-0.05, 0) is 22.3 Å². The topological polar surface area (TPSA) is 91.3 Å². The molecule has 0 spiro atoms. The van der Waals surface area contributed by atoms with E-state index in [0.717, 1.165) is 42.0 Å². The molecule has 2 aliphatic heterocycles. The summed E-state index contributed by atoms with van der Waals surface area (Å²) in [5.41, 5.74) is 4.32. The third-order valence-electron chi connectivity index (χ3n) is 6.03. The van der Waals surface area contributed by atoms with Crippen LogP contribution in [0.25, 0.3) is 0 Å². The summed E-state index contributed by atoms with van der Waals surface area (Å²) in [4.78, 5) is 15.1. The first kappa shape index (κ1) is 21.3. The van der Waals surface area contributed by atoms with E-state index in [1.807, 2.05) is 30.3 Å². The van der Waals surface area contributed by atoms with E-state index < -0.39 is 0 Å². The summed E-state index contributed by atoms with van der Waals surface area (Å²) < 4.78 is 11.0. The third kappa shape index (κ3) is 4.65. The van der Waals surface area contributed by atoms with Crippen LogP contribution < -0.4 is 10.1 Å². The molecule has 2 heterocycles. The zero-order valence-corrected chi connectivity index (χ0v) is 18.2. The molecule has 7 heteroatoms. The predicted molar refractivity (Wildman–Crippen MR) is 122 cm³/mol. The maximum absolute atomic E-state index is 13.4. The number of carbonyl (C=O) groups is 1. The molecule has 0 bridgehead atoms. The van der Waals surface area contributed by atoms with Crippen molar-refractivity contribution in [2.24, 2.45) is 0 Å². The molecule has 2 aliphatic rings. The van der Waals surface area contributed by atoms with E-state index in [9.17, 15) is 15.0 Å². The van der Waals surface area contributed by atoms with E-state index >= 15 is 0 Å². The van der Waals surface area contributed by atoms with Crippen LogP contribution in [0.15, 0.2) is 60.7 Å². The van der Waals surface area contributed by atoms with Gasteiger partial charge in [-0.15, -0.1) is 0 Å². The summed E-state index contributed by atoms with van der Waals surface area (Å²) in [6, 6.07) is 18.7. The quantitative estimate of drug-likeness (QED) is 0.516. The fourth-order valence-electron chi connectivity index (χ4n) is 4.13. The number of hydrogen-bond acceptors (Lipinski definition) is 6. The number of carbonyl (C=O) groups excluding carboxylic acids is 1. The van der Waals surface area contributed by atoms with Gasteiger partial charge in [0.05, 0.1) is 19.3 Å². The van der Waals surface area contributed by atoms with Gasteiger partial charge in [-0.3, -0.25) is 4.79 Å². The number of benzene rings is 3. The number of phenolic OH excluding ortho intramolecular Hbond substituents is 2. The van der Waals surface area contributed by atoms with Crippen molar-refractivity contribution in [3.63, 3.8) is 0 Å². The molecule has 1 fully saturated rings. The number of aromatic hydroxyl groups is 2. The van der Waals surface area contributed by atoms with Crippen molar-refractivity contribution in [1.29, 1.82) is 0 Å². The first-order valence-corrected chi connectivity index (χ1v) is 11.0. The van der Waals surface area contributed by atoms with E-state index in [0.29, 0.717) is 19.1 Å². The Morgan fingerprint density at radius 3 is 2.55 bits per heavy atom. The third-order valence-corrected chi connectivity index (χ3v) is 6.03. The maximum atomic E-state index is 13.4. The van der Waals surface area contributed by atoms with Gasteiger partial charge in [0.1, 0.15) is 29.4 Å². The van der Waals surface area contributed by atoms with Gasteiger partial charge >= 0.3 is 0 Å². The average molecular weight is 447 g/mol. The van der Waals surface area contributed by atoms with Crippen molar-refractivity contribution in [3.05, 3.63) is 88.5 Å². The molecular weight excluding hydrogens is 420 g/mol. The minimum atomic E-state index is -0.335. The molecule has 1 amide bonds. The highest BCUT2D eigenvalue weighted by atomic mass is 16.5. The molecule has 0 radical (unpaired) electrons. The van der Waals surface area contributed by atoms with Crippen LogP contribution in [0.2, 0.25) is 0 Å². The lowest BCUT2D eigenvalue weighted by Gasteiger charge is -2.27. The van der Waals surface area contributed by atoms with E-state index in [4.69, 9.17) is 9.47 Å². The first-order chi connectivity index (χ1) is 16.1. The molecule has 7 nitrogen and oxygen atoms in total. The van der Waals surface area contributed by atoms with Crippen LogP contribution in [-0.2, 0) is 31.0 Å². The number of ether oxygens (including phenoxy) is 2. The van der Waals surface area contributed by atoms with E-state index in [1.54, 1.807) is 4.90 Å². The molecule has 0 unspecified atom stereocenters. The van der Waals surface area contributed by atoms with E-state index in [1.165, 1.54) is 12.1 Å². The number of fused-ring (bicyclic) bond motifs is 1. The van der Waals surface area contributed by atoms with Crippen LogP contribution in [0.1, 0.15) is 32.6 Å². The lowest BCUT2D eigenvalue weighted by molar-refractivity contribution is -0.00578. The van der Waals surface area contributed by atoms with Crippen LogP contribution >= 0.6 is 0 Å². The predicted octanol–water partition coefficient (Wildman–Crippen LogP) is 3.32. The number of nitrogens with zero attached hydrogens (tertiary/aromatic N) is 1. The van der Waals surface area contributed by atoms with Gasteiger partial charge in [-0.1, -0.05) is 48.5 Å². The molecule has 0 aromatic heterocycles. The monoisotopic (exact) mass is 446 g/mol. The van der Waals surface area contributed by atoms with E-state index in [-0.39, 0.29) is 35.3 Å². The number of nitrogens with one attached hydrogen (secondary N) is 1. The zero-order valence-electron chi connectivity index (χ0n) is 18.2. The number of amides is 1. The van der Waals surface area contributed by atoms with Gasteiger partial charge in [-0.25, -0.2) is 0 Å². The second-order valence-corrected chi connectivity index (χ2v) is 8.49. The standard InChI is InChI=1S/C26H26N2O5/c29-22-9-23(30)25(24(10-22)33-14-17-4-2-1-3-5-17)26(31)28-12-19-7-6-18(8-20(19)13-28)11-27-21-15-32-16-21/h1-10,21,27,29-30H,11-16H2. The summed E-state index contributed by atoms with van der Waals surface area (Å²) in [7, 11) is 0. The van der Waals surface area contributed by atoms with Gasteiger partial charge in [0.2, 0.25) is 0 Å². The minimum absolute atomic E-state index is 0.0587. The summed E-state index contributed by atoms with van der Waals surface area (Å²) >= 11 is 0. The Hall–Kier alpha value is -3.55. The summed E-state index contributed by atoms with van der Waals surface area (Å²) in [5.74, 6) is -0.639. The van der Waals surface area contributed by atoms with Crippen molar-refractivity contribution in [2.75, 3.05) is 13.2 Å². The lowest BCUT2D eigenvalue weighted by atomic mass is 10.1. The lowest BCUT2D eigenvalue weighted by Crippen LogP contribution is -2.45.